The van der Waals surface area contributed by atoms with Gasteiger partial charge in [-0.05, 0) is 50.1 Å². The van der Waals surface area contributed by atoms with Crippen LogP contribution in [0.1, 0.15) is 27.0 Å². The zero-order valence-electron chi connectivity index (χ0n) is 14.5. The molecule has 1 amide bonds. The van der Waals surface area contributed by atoms with Crippen molar-refractivity contribution in [1.29, 1.82) is 0 Å². The molecule has 0 saturated heterocycles. The summed E-state index contributed by atoms with van der Waals surface area (Å²) < 4.78 is 15.4. The van der Waals surface area contributed by atoms with Crippen LogP contribution in [-0.4, -0.2) is 15.6 Å². The van der Waals surface area contributed by atoms with Gasteiger partial charge >= 0.3 is 0 Å². The van der Waals surface area contributed by atoms with Crippen molar-refractivity contribution in [3.63, 3.8) is 0 Å². The second kappa shape index (κ2) is 5.77. The first-order valence-electron chi connectivity index (χ1n) is 7.79. The number of aromatic hydroxyl groups is 1. The van der Waals surface area contributed by atoms with E-state index in [-0.39, 0.29) is 16.9 Å². The number of hydrogen-bond acceptors (Lipinski definition) is 3. The van der Waals surface area contributed by atoms with Gasteiger partial charge in [0, 0.05) is 10.9 Å². The van der Waals surface area contributed by atoms with Crippen molar-refractivity contribution in [2.24, 2.45) is 5.73 Å². The minimum Gasteiger partial charge on any atom is -0.505 e. The molecule has 1 heterocycles. The number of anilines is 1. The standard InChI is InChI=1S/C19H17FN4O2/c1-8-6-14-11(7-13(8)23-4)15(19(22)26)18(21)24(14)16-9(2)5-12(20)17(25)10(16)3/h5-7,25H,21H2,1-3H3,(H2,22,26). The highest BCUT2D eigenvalue weighted by molar-refractivity contribution is 6.12. The number of carbonyl (C=O) groups excluding carboxylic acids is 1. The number of nitrogens with zero attached hydrogens (tertiary/aromatic N) is 2. The Hall–Kier alpha value is -3.53. The second-order valence-corrected chi connectivity index (χ2v) is 6.23. The third-order valence-corrected chi connectivity index (χ3v) is 4.57. The van der Waals surface area contributed by atoms with Crippen LogP contribution in [0.5, 0.6) is 5.75 Å². The number of benzene rings is 2. The van der Waals surface area contributed by atoms with Crippen molar-refractivity contribution in [3.05, 3.63) is 57.7 Å². The van der Waals surface area contributed by atoms with E-state index < -0.39 is 17.5 Å². The molecule has 3 aromatic rings. The molecule has 0 unspecified atom stereocenters. The van der Waals surface area contributed by atoms with E-state index in [0.717, 1.165) is 0 Å². The van der Waals surface area contributed by atoms with Gasteiger partial charge in [0.2, 0.25) is 0 Å². The Balaban J connectivity index is 2.56. The SMILES string of the molecule is [C-]#[N+]c1cc2c(C(N)=O)c(N)n(-c3c(C)cc(F)c(O)c3C)c2cc1C. The first-order valence-corrected chi connectivity index (χ1v) is 7.79. The normalized spacial score (nSPS) is 10.9. The summed E-state index contributed by atoms with van der Waals surface area (Å²) in [5.41, 5.74) is 14.7. The van der Waals surface area contributed by atoms with Gasteiger partial charge in [-0.1, -0.05) is 0 Å². The van der Waals surface area contributed by atoms with Crippen LogP contribution in [0.15, 0.2) is 18.2 Å². The number of nitrogens with two attached hydrogens (primary N) is 2. The fourth-order valence-electron chi connectivity index (χ4n) is 3.32. The summed E-state index contributed by atoms with van der Waals surface area (Å²) in [6.45, 7) is 12.3. The Morgan fingerprint density at radius 3 is 2.46 bits per heavy atom. The summed E-state index contributed by atoms with van der Waals surface area (Å²) in [4.78, 5) is 15.4. The molecule has 0 spiro atoms. The Morgan fingerprint density at radius 2 is 1.88 bits per heavy atom. The first kappa shape index (κ1) is 17.3. The number of hydrogen-bond donors (Lipinski definition) is 3. The molecule has 2 aromatic carbocycles. The predicted molar refractivity (Wildman–Crippen MR) is 98.3 cm³/mol. The van der Waals surface area contributed by atoms with E-state index >= 15 is 0 Å². The number of carbonyl (C=O) groups is 1. The number of aryl methyl sites for hydroxylation is 2. The molecule has 5 N–H and O–H groups in total. The lowest BCUT2D eigenvalue weighted by atomic mass is 10.1. The van der Waals surface area contributed by atoms with Gasteiger partial charge in [-0.25, -0.2) is 9.24 Å². The number of halogens is 1. The molecule has 7 heteroatoms. The minimum absolute atomic E-state index is 0.0752. The van der Waals surface area contributed by atoms with Gasteiger partial charge in [0.25, 0.3) is 5.91 Å². The van der Waals surface area contributed by atoms with E-state index in [2.05, 4.69) is 4.85 Å². The van der Waals surface area contributed by atoms with E-state index in [4.69, 9.17) is 18.0 Å². The van der Waals surface area contributed by atoms with Crippen LogP contribution < -0.4 is 11.5 Å². The molecule has 0 bridgehead atoms. The monoisotopic (exact) mass is 352 g/mol. The highest BCUT2D eigenvalue weighted by Gasteiger charge is 2.24. The van der Waals surface area contributed by atoms with E-state index in [1.165, 1.54) is 6.07 Å². The van der Waals surface area contributed by atoms with Crippen molar-refractivity contribution >= 4 is 28.3 Å². The molecule has 0 aliphatic heterocycles. The summed E-state index contributed by atoms with van der Waals surface area (Å²) >= 11 is 0. The number of aromatic nitrogens is 1. The van der Waals surface area contributed by atoms with Gasteiger partial charge in [0.1, 0.15) is 5.82 Å². The maximum atomic E-state index is 13.8. The Morgan fingerprint density at radius 1 is 1.23 bits per heavy atom. The molecule has 0 radical (unpaired) electrons. The number of rotatable bonds is 2. The summed E-state index contributed by atoms with van der Waals surface area (Å²) in [6.07, 6.45) is 0. The molecule has 0 atom stereocenters. The summed E-state index contributed by atoms with van der Waals surface area (Å²) in [5.74, 6) is -1.87. The Labute approximate surface area is 149 Å². The van der Waals surface area contributed by atoms with Crippen LogP contribution in [0.4, 0.5) is 15.9 Å². The quantitative estimate of drug-likeness (QED) is 0.614. The zero-order valence-corrected chi connectivity index (χ0v) is 14.5. The smallest absolute Gasteiger partial charge is 0.253 e. The van der Waals surface area contributed by atoms with E-state index in [1.54, 1.807) is 37.5 Å². The molecule has 3 rings (SSSR count). The second-order valence-electron chi connectivity index (χ2n) is 6.23. The minimum atomic E-state index is -0.736. The molecule has 1 aromatic heterocycles. The van der Waals surface area contributed by atoms with Crippen LogP contribution >= 0.6 is 0 Å². The van der Waals surface area contributed by atoms with Crippen LogP contribution in [0.25, 0.3) is 21.4 Å². The zero-order chi connectivity index (χ0) is 19.3. The fourth-order valence-corrected chi connectivity index (χ4v) is 3.32. The van der Waals surface area contributed by atoms with Gasteiger partial charge in [0.05, 0.1) is 23.3 Å². The summed E-state index contributed by atoms with van der Waals surface area (Å²) in [6, 6.07) is 4.50. The number of fused-ring (bicyclic) bond motifs is 1. The van der Waals surface area contributed by atoms with Crippen molar-refractivity contribution < 1.29 is 14.3 Å². The Kier molecular flexibility index (Phi) is 3.84. The molecule has 26 heavy (non-hydrogen) atoms. The van der Waals surface area contributed by atoms with E-state index in [1.807, 2.05) is 0 Å². The van der Waals surface area contributed by atoms with Crippen molar-refractivity contribution in [2.45, 2.75) is 20.8 Å². The number of amides is 1. The molecule has 0 saturated carbocycles. The van der Waals surface area contributed by atoms with Gasteiger partial charge in [-0.15, -0.1) is 0 Å². The largest absolute Gasteiger partial charge is 0.505 e. The lowest BCUT2D eigenvalue weighted by Crippen LogP contribution is -2.14. The molecule has 0 aliphatic carbocycles. The predicted octanol–water partition coefficient (Wildman–Crippen LogP) is 3.63. The lowest BCUT2D eigenvalue weighted by Gasteiger charge is -2.16. The van der Waals surface area contributed by atoms with Gasteiger partial charge in [-0.2, -0.15) is 0 Å². The third kappa shape index (κ3) is 2.27. The third-order valence-electron chi connectivity index (χ3n) is 4.57. The molecular formula is C19H17FN4O2. The van der Waals surface area contributed by atoms with Crippen molar-refractivity contribution in [2.75, 3.05) is 5.73 Å². The molecule has 132 valence electrons. The lowest BCUT2D eigenvalue weighted by molar-refractivity contribution is 0.100. The molecular weight excluding hydrogens is 335 g/mol. The average molecular weight is 352 g/mol. The number of primary amides is 1. The Bertz CT molecular complexity index is 1140. The van der Waals surface area contributed by atoms with Crippen LogP contribution in [0.3, 0.4) is 0 Å². The average Bonchev–Trinajstić information content (AvgIpc) is 2.84. The van der Waals surface area contributed by atoms with Gasteiger partial charge in [-0.3, -0.25) is 9.36 Å². The summed E-state index contributed by atoms with van der Waals surface area (Å²) in [7, 11) is 0. The number of nitrogen functional groups attached to an aromatic ring is 1. The van der Waals surface area contributed by atoms with Gasteiger partial charge in [0.15, 0.2) is 17.3 Å². The molecule has 0 aliphatic rings. The molecule has 6 nitrogen and oxygen atoms in total. The van der Waals surface area contributed by atoms with E-state index in [9.17, 15) is 14.3 Å². The highest BCUT2D eigenvalue weighted by atomic mass is 19.1. The fraction of sp³-hybridized carbons (Fsp3) is 0.158. The maximum Gasteiger partial charge on any atom is 0.253 e. The van der Waals surface area contributed by atoms with Gasteiger partial charge < -0.3 is 16.6 Å². The highest BCUT2D eigenvalue weighted by Crippen LogP contribution is 2.39. The number of phenols is 1. The molecule has 0 fully saturated rings. The first-order chi connectivity index (χ1) is 12.2. The van der Waals surface area contributed by atoms with Crippen LogP contribution in [0, 0.1) is 33.2 Å². The maximum absolute atomic E-state index is 13.8. The van der Waals surface area contributed by atoms with E-state index in [0.29, 0.717) is 33.4 Å². The van der Waals surface area contributed by atoms with Crippen molar-refractivity contribution in [1.82, 2.24) is 4.57 Å². The summed E-state index contributed by atoms with van der Waals surface area (Å²) in [5, 5.41) is 10.5. The van der Waals surface area contributed by atoms with Crippen LogP contribution in [0.2, 0.25) is 0 Å². The topological polar surface area (TPSA) is 98.6 Å². The van der Waals surface area contributed by atoms with Crippen molar-refractivity contribution in [3.8, 4) is 11.4 Å². The van der Waals surface area contributed by atoms with Crippen LogP contribution in [-0.2, 0) is 0 Å². The number of phenolic OH excluding ortho intramolecular Hbond substituents is 1.